The maximum Gasteiger partial charge on any atom is 0.251 e. The van der Waals surface area contributed by atoms with Gasteiger partial charge in [0.15, 0.2) is 0 Å². The third-order valence-corrected chi connectivity index (χ3v) is 3.58. The summed E-state index contributed by atoms with van der Waals surface area (Å²) < 4.78 is 1.71. The van der Waals surface area contributed by atoms with Crippen LogP contribution in [-0.4, -0.2) is 27.6 Å². The molecule has 1 heterocycles. The Morgan fingerprint density at radius 2 is 2.08 bits per heavy atom. The molecule has 0 atom stereocenters. The van der Waals surface area contributed by atoms with Crippen LogP contribution in [0.1, 0.15) is 36.2 Å². The normalized spacial score (nSPS) is 10.7. The van der Waals surface area contributed by atoms with Gasteiger partial charge in [0.2, 0.25) is 5.91 Å². The summed E-state index contributed by atoms with van der Waals surface area (Å²) in [6, 6.07) is 4.84. The number of nitrogens with zero attached hydrogens (tertiary/aromatic N) is 2. The summed E-state index contributed by atoms with van der Waals surface area (Å²) in [5.41, 5.74) is 1.92. The first kappa shape index (κ1) is 18.0. The van der Waals surface area contributed by atoms with Crippen molar-refractivity contribution in [1.29, 1.82) is 0 Å². The van der Waals surface area contributed by atoms with Crippen LogP contribution in [-0.2, 0) is 11.3 Å². The zero-order chi connectivity index (χ0) is 17.7. The van der Waals surface area contributed by atoms with Crippen LogP contribution in [0.2, 0.25) is 5.02 Å². The molecule has 2 rings (SSSR count). The zero-order valence-electron chi connectivity index (χ0n) is 14.0. The van der Waals surface area contributed by atoms with Crippen molar-refractivity contribution in [2.24, 2.45) is 0 Å². The monoisotopic (exact) mass is 348 g/mol. The predicted molar refractivity (Wildman–Crippen MR) is 94.3 cm³/mol. The summed E-state index contributed by atoms with van der Waals surface area (Å²) in [5.74, 6) is -0.393. The van der Waals surface area contributed by atoms with Crippen LogP contribution in [0.5, 0.6) is 0 Å². The second-order valence-electron chi connectivity index (χ2n) is 5.90. The first-order chi connectivity index (χ1) is 11.3. The molecule has 0 aliphatic rings. The summed E-state index contributed by atoms with van der Waals surface area (Å²) in [4.78, 5) is 24.1. The first-order valence-electron chi connectivity index (χ1n) is 7.74. The lowest BCUT2D eigenvalue weighted by molar-refractivity contribution is -0.116. The second kappa shape index (κ2) is 7.97. The van der Waals surface area contributed by atoms with Crippen molar-refractivity contribution in [2.75, 3.05) is 5.32 Å². The standard InChI is InChI=1S/C17H21ClN4O2/c1-11(2)20-17(24)13-4-5-14(18)15(8-13)21-16(23)6-7-22-10-12(3)9-19-22/h4-5,8-11H,6-7H2,1-3H3,(H,20,24)(H,21,23). The number of hydrogen-bond donors (Lipinski definition) is 2. The molecule has 0 aliphatic heterocycles. The fourth-order valence-electron chi connectivity index (χ4n) is 2.13. The Balaban J connectivity index is 2.00. The minimum atomic E-state index is -0.204. The van der Waals surface area contributed by atoms with E-state index in [2.05, 4.69) is 15.7 Å². The summed E-state index contributed by atoms with van der Waals surface area (Å²) in [6.45, 7) is 6.18. The molecule has 0 unspecified atom stereocenters. The largest absolute Gasteiger partial charge is 0.350 e. The number of halogens is 1. The smallest absolute Gasteiger partial charge is 0.251 e. The van der Waals surface area contributed by atoms with Crippen LogP contribution < -0.4 is 10.6 Å². The van der Waals surface area contributed by atoms with E-state index in [1.54, 1.807) is 29.1 Å². The highest BCUT2D eigenvalue weighted by atomic mass is 35.5. The molecule has 1 aromatic carbocycles. The van der Waals surface area contributed by atoms with Gasteiger partial charge in [0, 0.05) is 30.8 Å². The average molecular weight is 349 g/mol. The van der Waals surface area contributed by atoms with E-state index in [4.69, 9.17) is 11.6 Å². The number of nitrogens with one attached hydrogen (secondary N) is 2. The number of aryl methyl sites for hydroxylation is 2. The van der Waals surface area contributed by atoms with E-state index in [1.807, 2.05) is 27.0 Å². The van der Waals surface area contributed by atoms with E-state index >= 15 is 0 Å². The fraction of sp³-hybridized carbons (Fsp3) is 0.353. The molecule has 0 radical (unpaired) electrons. The lowest BCUT2D eigenvalue weighted by atomic mass is 10.1. The van der Waals surface area contributed by atoms with Crippen molar-refractivity contribution < 1.29 is 9.59 Å². The molecule has 128 valence electrons. The Bertz CT molecular complexity index is 740. The van der Waals surface area contributed by atoms with Gasteiger partial charge in [-0.15, -0.1) is 0 Å². The summed E-state index contributed by atoms with van der Waals surface area (Å²) in [5, 5.41) is 10.1. The predicted octanol–water partition coefficient (Wildman–Crippen LogP) is 3.01. The van der Waals surface area contributed by atoms with E-state index in [-0.39, 0.29) is 24.3 Å². The minimum absolute atomic E-state index is 0.0312. The van der Waals surface area contributed by atoms with Gasteiger partial charge in [-0.2, -0.15) is 5.10 Å². The Labute approximate surface area is 146 Å². The van der Waals surface area contributed by atoms with Crippen molar-refractivity contribution in [1.82, 2.24) is 15.1 Å². The van der Waals surface area contributed by atoms with E-state index in [9.17, 15) is 9.59 Å². The Hall–Kier alpha value is -2.34. The summed E-state index contributed by atoms with van der Waals surface area (Å²) >= 11 is 6.11. The molecule has 2 N–H and O–H groups in total. The lowest BCUT2D eigenvalue weighted by Gasteiger charge is -2.11. The molecule has 2 aromatic rings. The van der Waals surface area contributed by atoms with Gasteiger partial charge in [0.25, 0.3) is 5.91 Å². The molecule has 6 nitrogen and oxygen atoms in total. The Kier molecular flexibility index (Phi) is 5.98. The number of benzene rings is 1. The highest BCUT2D eigenvalue weighted by Crippen LogP contribution is 2.23. The van der Waals surface area contributed by atoms with Gasteiger partial charge in [-0.3, -0.25) is 14.3 Å². The molecule has 1 aromatic heterocycles. The lowest BCUT2D eigenvalue weighted by Crippen LogP contribution is -2.30. The molecule has 0 saturated carbocycles. The average Bonchev–Trinajstić information content (AvgIpc) is 2.92. The van der Waals surface area contributed by atoms with Crippen LogP contribution in [0.25, 0.3) is 0 Å². The zero-order valence-corrected chi connectivity index (χ0v) is 14.7. The van der Waals surface area contributed by atoms with Gasteiger partial charge in [-0.05, 0) is 44.5 Å². The van der Waals surface area contributed by atoms with E-state index in [0.717, 1.165) is 5.56 Å². The molecular formula is C17H21ClN4O2. The van der Waals surface area contributed by atoms with E-state index in [0.29, 0.717) is 22.8 Å². The van der Waals surface area contributed by atoms with Crippen LogP contribution in [0, 0.1) is 6.92 Å². The number of hydrogen-bond acceptors (Lipinski definition) is 3. The third-order valence-electron chi connectivity index (χ3n) is 3.25. The number of carbonyl (C=O) groups excluding carboxylic acids is 2. The van der Waals surface area contributed by atoms with Crippen molar-refractivity contribution in [2.45, 2.75) is 39.8 Å². The number of rotatable bonds is 6. The molecule has 0 bridgehead atoms. The maximum absolute atomic E-state index is 12.1. The molecule has 0 saturated heterocycles. The minimum Gasteiger partial charge on any atom is -0.350 e. The summed E-state index contributed by atoms with van der Waals surface area (Å²) in [6.07, 6.45) is 3.88. The topological polar surface area (TPSA) is 76.0 Å². The van der Waals surface area contributed by atoms with E-state index < -0.39 is 0 Å². The number of carbonyl (C=O) groups is 2. The third kappa shape index (κ3) is 5.09. The Morgan fingerprint density at radius 1 is 1.33 bits per heavy atom. The highest BCUT2D eigenvalue weighted by Gasteiger charge is 2.12. The number of aromatic nitrogens is 2. The Morgan fingerprint density at radius 3 is 2.71 bits per heavy atom. The van der Waals surface area contributed by atoms with Gasteiger partial charge < -0.3 is 10.6 Å². The quantitative estimate of drug-likeness (QED) is 0.842. The van der Waals surface area contributed by atoms with E-state index in [1.165, 1.54) is 0 Å². The van der Waals surface area contributed by atoms with Crippen LogP contribution in [0.3, 0.4) is 0 Å². The SMILES string of the molecule is Cc1cnn(CCC(=O)Nc2cc(C(=O)NC(C)C)ccc2Cl)c1. The van der Waals surface area contributed by atoms with Gasteiger partial charge in [0.05, 0.1) is 16.9 Å². The number of anilines is 1. The van der Waals surface area contributed by atoms with Crippen molar-refractivity contribution in [3.63, 3.8) is 0 Å². The molecule has 24 heavy (non-hydrogen) atoms. The highest BCUT2D eigenvalue weighted by molar-refractivity contribution is 6.33. The van der Waals surface area contributed by atoms with Crippen molar-refractivity contribution >= 4 is 29.1 Å². The first-order valence-corrected chi connectivity index (χ1v) is 8.12. The summed E-state index contributed by atoms with van der Waals surface area (Å²) in [7, 11) is 0. The van der Waals surface area contributed by atoms with Gasteiger partial charge >= 0.3 is 0 Å². The molecule has 2 amide bonds. The molecule has 0 spiro atoms. The van der Waals surface area contributed by atoms with Crippen LogP contribution in [0.4, 0.5) is 5.69 Å². The molecular weight excluding hydrogens is 328 g/mol. The van der Waals surface area contributed by atoms with Crippen molar-refractivity contribution in [3.05, 3.63) is 46.7 Å². The van der Waals surface area contributed by atoms with Crippen LogP contribution in [0.15, 0.2) is 30.6 Å². The molecule has 0 fully saturated rings. The van der Waals surface area contributed by atoms with Crippen LogP contribution >= 0.6 is 11.6 Å². The molecule has 0 aliphatic carbocycles. The van der Waals surface area contributed by atoms with Gasteiger partial charge in [0.1, 0.15) is 0 Å². The van der Waals surface area contributed by atoms with Gasteiger partial charge in [-0.1, -0.05) is 11.6 Å². The maximum atomic E-state index is 12.1. The second-order valence-corrected chi connectivity index (χ2v) is 6.31. The van der Waals surface area contributed by atoms with Crippen molar-refractivity contribution in [3.8, 4) is 0 Å². The van der Waals surface area contributed by atoms with Gasteiger partial charge in [-0.25, -0.2) is 0 Å². The number of amides is 2. The molecule has 7 heteroatoms. The fourth-order valence-corrected chi connectivity index (χ4v) is 2.29.